The van der Waals surface area contributed by atoms with Crippen LogP contribution in [0, 0.1) is 13.8 Å². The van der Waals surface area contributed by atoms with Crippen LogP contribution in [0.25, 0.3) is 22.3 Å². The van der Waals surface area contributed by atoms with E-state index < -0.39 is 29.3 Å². The van der Waals surface area contributed by atoms with Crippen molar-refractivity contribution >= 4 is 40.3 Å². The number of hydrogen-bond acceptors (Lipinski definition) is 9. The van der Waals surface area contributed by atoms with Crippen LogP contribution in [0.1, 0.15) is 87.4 Å². The Kier molecular flexibility index (Phi) is 8.67. The molecule has 46 heavy (non-hydrogen) atoms. The summed E-state index contributed by atoms with van der Waals surface area (Å²) in [5.41, 5.74) is 2.72. The fraction of sp³-hybridized carbons (Fsp3) is 0.441. The fourth-order valence-electron chi connectivity index (χ4n) is 5.41. The van der Waals surface area contributed by atoms with E-state index in [1.54, 1.807) is 50.9 Å². The summed E-state index contributed by atoms with van der Waals surface area (Å²) in [6.45, 7) is 17.5. The van der Waals surface area contributed by atoms with E-state index in [0.717, 1.165) is 11.3 Å². The molecule has 0 spiro atoms. The number of hydrogen-bond donors (Lipinski definition) is 1. The number of benzene rings is 1. The van der Waals surface area contributed by atoms with E-state index in [4.69, 9.17) is 25.5 Å². The fourth-order valence-corrected chi connectivity index (χ4v) is 5.56. The van der Waals surface area contributed by atoms with Gasteiger partial charge in [0.05, 0.1) is 47.7 Å². The van der Waals surface area contributed by atoms with Crippen LogP contribution in [-0.4, -0.2) is 49.5 Å². The Morgan fingerprint density at radius 1 is 1.04 bits per heavy atom. The number of ether oxygens (including phenoxy) is 2. The lowest BCUT2D eigenvalue weighted by Gasteiger charge is -2.30. The molecule has 0 fully saturated rings. The van der Waals surface area contributed by atoms with E-state index in [2.05, 4.69) is 15.4 Å². The number of aryl methyl sites for hydroxylation is 1. The predicted octanol–water partition coefficient (Wildman–Crippen LogP) is 7.20. The Morgan fingerprint density at radius 3 is 2.41 bits per heavy atom. The zero-order chi connectivity index (χ0) is 33.7. The molecule has 0 unspecified atom stereocenters. The lowest BCUT2D eigenvalue weighted by atomic mass is 9.98. The van der Waals surface area contributed by atoms with Gasteiger partial charge in [0.15, 0.2) is 11.1 Å². The number of esters is 1. The third kappa shape index (κ3) is 6.89. The number of anilines is 1. The predicted molar refractivity (Wildman–Crippen MR) is 176 cm³/mol. The highest BCUT2D eigenvalue weighted by Crippen LogP contribution is 2.35. The first-order valence-corrected chi connectivity index (χ1v) is 15.6. The molecule has 0 saturated heterocycles. The Hall–Kier alpha value is -4.38. The molecule has 244 valence electrons. The van der Waals surface area contributed by atoms with Crippen molar-refractivity contribution in [2.75, 3.05) is 11.9 Å². The number of carbonyl (C=O) groups excluding carboxylic acids is 2. The molecule has 0 radical (unpaired) electrons. The molecule has 0 bridgehead atoms. The van der Waals surface area contributed by atoms with E-state index >= 15 is 0 Å². The van der Waals surface area contributed by atoms with Gasteiger partial charge in [0.25, 0.3) is 0 Å². The quantitative estimate of drug-likeness (QED) is 0.176. The van der Waals surface area contributed by atoms with Crippen LogP contribution < -0.4 is 10.7 Å². The maximum atomic E-state index is 13.9. The summed E-state index contributed by atoms with van der Waals surface area (Å²) in [5.74, 6) is -0.237. The van der Waals surface area contributed by atoms with Crippen molar-refractivity contribution in [3.05, 3.63) is 73.9 Å². The SMILES string of the molecule is Cc1cc([C@@H](C)Nc2ccc(Cl)nc2C(=O)OC(C)(C)C)c2oc(-c3cnn4c3CN(C(=O)OC(C)(C)C)CC4)c(C)c(=O)c2c1. The van der Waals surface area contributed by atoms with Gasteiger partial charge in [0, 0.05) is 17.7 Å². The lowest BCUT2D eigenvalue weighted by molar-refractivity contribution is 0.00631. The highest BCUT2D eigenvalue weighted by atomic mass is 35.5. The molecule has 12 heteroatoms. The average molecular weight is 650 g/mol. The first-order chi connectivity index (χ1) is 21.4. The van der Waals surface area contributed by atoms with E-state index in [9.17, 15) is 14.4 Å². The second kappa shape index (κ2) is 12.1. The molecule has 4 aromatic rings. The number of amides is 1. The molecule has 1 aliphatic rings. The van der Waals surface area contributed by atoms with Crippen LogP contribution in [0.3, 0.4) is 0 Å². The normalized spacial score (nSPS) is 14.2. The van der Waals surface area contributed by atoms with Crippen LogP contribution in [0.15, 0.2) is 39.7 Å². The van der Waals surface area contributed by atoms with E-state index in [0.29, 0.717) is 52.2 Å². The van der Waals surface area contributed by atoms with E-state index in [1.807, 2.05) is 51.4 Å². The van der Waals surface area contributed by atoms with Crippen molar-refractivity contribution in [2.24, 2.45) is 0 Å². The number of rotatable bonds is 5. The van der Waals surface area contributed by atoms with Gasteiger partial charge in [0.2, 0.25) is 0 Å². The van der Waals surface area contributed by atoms with Crippen molar-refractivity contribution in [3.63, 3.8) is 0 Å². The van der Waals surface area contributed by atoms with Crippen LogP contribution in [0.5, 0.6) is 0 Å². The monoisotopic (exact) mass is 649 g/mol. The van der Waals surface area contributed by atoms with Crippen molar-refractivity contribution < 1.29 is 23.5 Å². The van der Waals surface area contributed by atoms with Crippen LogP contribution >= 0.6 is 11.6 Å². The van der Waals surface area contributed by atoms with Gasteiger partial charge in [0.1, 0.15) is 27.7 Å². The summed E-state index contributed by atoms with van der Waals surface area (Å²) in [6.07, 6.45) is 1.26. The molecule has 1 aromatic carbocycles. The number of nitrogens with one attached hydrogen (secondary N) is 1. The molecule has 0 aliphatic carbocycles. The van der Waals surface area contributed by atoms with Crippen LogP contribution in [0.2, 0.25) is 5.15 Å². The van der Waals surface area contributed by atoms with Gasteiger partial charge in [-0.2, -0.15) is 5.10 Å². The minimum atomic E-state index is -0.731. The summed E-state index contributed by atoms with van der Waals surface area (Å²) in [6, 6.07) is 6.57. The molecular weight excluding hydrogens is 610 g/mol. The van der Waals surface area contributed by atoms with Crippen molar-refractivity contribution in [1.29, 1.82) is 0 Å². The minimum Gasteiger partial charge on any atom is -0.455 e. The minimum absolute atomic E-state index is 0.0465. The first-order valence-electron chi connectivity index (χ1n) is 15.2. The second-order valence-electron chi connectivity index (χ2n) is 13.6. The second-order valence-corrected chi connectivity index (χ2v) is 14.0. The Morgan fingerprint density at radius 2 is 1.74 bits per heavy atom. The van der Waals surface area contributed by atoms with Gasteiger partial charge < -0.3 is 24.1 Å². The molecule has 3 aromatic heterocycles. The van der Waals surface area contributed by atoms with E-state index in [1.165, 1.54) is 0 Å². The first kappa shape index (κ1) is 33.0. The van der Waals surface area contributed by atoms with Gasteiger partial charge >= 0.3 is 12.1 Å². The van der Waals surface area contributed by atoms with Crippen LogP contribution in [0.4, 0.5) is 10.5 Å². The molecular formula is C34H40ClN5O6. The molecule has 1 atom stereocenters. The van der Waals surface area contributed by atoms with Gasteiger partial charge in [-0.1, -0.05) is 17.7 Å². The Balaban J connectivity index is 1.56. The third-order valence-electron chi connectivity index (χ3n) is 7.45. The molecule has 1 aliphatic heterocycles. The molecule has 5 rings (SSSR count). The summed E-state index contributed by atoms with van der Waals surface area (Å²) in [7, 11) is 0. The number of pyridine rings is 1. The zero-order valence-electron chi connectivity index (χ0n) is 27.7. The van der Waals surface area contributed by atoms with Crippen LogP contribution in [-0.2, 0) is 22.6 Å². The van der Waals surface area contributed by atoms with Gasteiger partial charge in [-0.25, -0.2) is 14.6 Å². The van der Waals surface area contributed by atoms with Crippen molar-refractivity contribution in [2.45, 2.75) is 92.6 Å². The lowest BCUT2D eigenvalue weighted by Crippen LogP contribution is -2.41. The van der Waals surface area contributed by atoms with Gasteiger partial charge in [-0.05, 0) is 86.1 Å². The highest BCUT2D eigenvalue weighted by Gasteiger charge is 2.30. The highest BCUT2D eigenvalue weighted by molar-refractivity contribution is 6.29. The van der Waals surface area contributed by atoms with Crippen molar-refractivity contribution in [3.8, 4) is 11.3 Å². The molecule has 0 saturated carbocycles. The molecule has 4 heterocycles. The summed E-state index contributed by atoms with van der Waals surface area (Å²) >= 11 is 6.16. The standard InChI is InChI=1S/C34H40ClN5O6/c1-18-14-21(20(3)37-24-10-11-26(35)38-27(24)31(42)45-33(4,5)6)30-22(15-18)28(41)19(2)29(44-30)23-16-36-40-13-12-39(17-25(23)40)32(43)46-34(7,8)9/h10-11,14-16,20,37H,12-13,17H2,1-9H3/t20-/m1/s1. The number of fused-ring (bicyclic) bond motifs is 2. The van der Waals surface area contributed by atoms with Gasteiger partial charge in [-0.3, -0.25) is 9.48 Å². The largest absolute Gasteiger partial charge is 0.455 e. The van der Waals surface area contributed by atoms with E-state index in [-0.39, 0.29) is 22.8 Å². The van der Waals surface area contributed by atoms with Gasteiger partial charge in [-0.15, -0.1) is 0 Å². The summed E-state index contributed by atoms with van der Waals surface area (Å²) in [4.78, 5) is 45.7. The molecule has 11 nitrogen and oxygen atoms in total. The Bertz CT molecular complexity index is 1900. The third-order valence-corrected chi connectivity index (χ3v) is 7.66. The maximum absolute atomic E-state index is 13.9. The summed E-state index contributed by atoms with van der Waals surface area (Å²) < 4.78 is 19.6. The molecule has 1 N–H and O–H groups in total. The molecule has 1 amide bonds. The van der Waals surface area contributed by atoms with Crippen molar-refractivity contribution in [1.82, 2.24) is 19.7 Å². The number of aromatic nitrogens is 3. The average Bonchev–Trinajstić information content (AvgIpc) is 3.37. The summed E-state index contributed by atoms with van der Waals surface area (Å²) in [5, 5.41) is 8.48. The number of halogens is 1. The number of nitrogens with zero attached hydrogens (tertiary/aromatic N) is 4. The topological polar surface area (TPSA) is 129 Å². The Labute approximate surface area is 272 Å². The zero-order valence-corrected chi connectivity index (χ0v) is 28.5. The maximum Gasteiger partial charge on any atom is 0.410 e. The smallest absolute Gasteiger partial charge is 0.410 e. The number of carbonyl (C=O) groups is 2.